The van der Waals surface area contributed by atoms with E-state index in [1.165, 1.54) is 20.3 Å². The SMILES string of the molecule is C=C[C@H](c1ccccc1)[C@H](O)P(=O)(OC)OC. The summed E-state index contributed by atoms with van der Waals surface area (Å²) in [4.78, 5) is 0. The third kappa shape index (κ3) is 3.05. The third-order valence-electron chi connectivity index (χ3n) is 2.59. The molecule has 17 heavy (non-hydrogen) atoms. The van der Waals surface area contributed by atoms with Crippen molar-refractivity contribution in [3.05, 3.63) is 48.6 Å². The van der Waals surface area contributed by atoms with Gasteiger partial charge in [-0.25, -0.2) is 0 Å². The normalized spacial score (nSPS) is 15.2. The van der Waals surface area contributed by atoms with Gasteiger partial charge >= 0.3 is 7.60 Å². The molecule has 5 heteroatoms. The maximum atomic E-state index is 12.1. The van der Waals surface area contributed by atoms with Gasteiger partial charge in [0.2, 0.25) is 0 Å². The fourth-order valence-electron chi connectivity index (χ4n) is 1.59. The van der Waals surface area contributed by atoms with Crippen LogP contribution in [0.25, 0.3) is 0 Å². The maximum absolute atomic E-state index is 12.1. The molecule has 0 saturated carbocycles. The largest absolute Gasteiger partial charge is 0.380 e. The van der Waals surface area contributed by atoms with Crippen LogP contribution in [0.4, 0.5) is 0 Å². The summed E-state index contributed by atoms with van der Waals surface area (Å²) in [6.45, 7) is 3.65. The summed E-state index contributed by atoms with van der Waals surface area (Å²) in [5.41, 5.74) is 0.810. The summed E-state index contributed by atoms with van der Waals surface area (Å²) < 4.78 is 21.7. The molecule has 4 nitrogen and oxygen atoms in total. The van der Waals surface area contributed by atoms with Crippen LogP contribution in [0.3, 0.4) is 0 Å². The van der Waals surface area contributed by atoms with Crippen LogP contribution in [0, 0.1) is 0 Å². The molecular formula is C12H17O4P. The first-order chi connectivity index (χ1) is 8.09. The van der Waals surface area contributed by atoms with Crippen LogP contribution in [0.5, 0.6) is 0 Å². The van der Waals surface area contributed by atoms with Crippen molar-refractivity contribution in [1.82, 2.24) is 0 Å². The van der Waals surface area contributed by atoms with E-state index in [0.717, 1.165) is 5.56 Å². The molecule has 0 amide bonds. The third-order valence-corrected chi connectivity index (χ3v) is 4.58. The van der Waals surface area contributed by atoms with Gasteiger partial charge in [0.15, 0.2) is 5.85 Å². The molecule has 0 radical (unpaired) electrons. The fourth-order valence-corrected chi connectivity index (χ4v) is 2.86. The standard InChI is InChI=1S/C12H17O4P/c1-4-11(10-8-6-5-7-9-10)12(13)17(14,15-2)16-3/h4-9,11-13H,1H2,2-3H3/t11-,12-/m1/s1. The monoisotopic (exact) mass is 256 g/mol. The van der Waals surface area contributed by atoms with E-state index in [2.05, 4.69) is 6.58 Å². The van der Waals surface area contributed by atoms with Gasteiger partial charge in [-0.2, -0.15) is 0 Å². The van der Waals surface area contributed by atoms with Crippen molar-refractivity contribution in [2.75, 3.05) is 14.2 Å². The highest BCUT2D eigenvalue weighted by Gasteiger charge is 2.37. The quantitative estimate of drug-likeness (QED) is 0.628. The van der Waals surface area contributed by atoms with Gasteiger partial charge in [0.1, 0.15) is 0 Å². The minimum atomic E-state index is -3.53. The first-order valence-electron chi connectivity index (χ1n) is 5.15. The summed E-state index contributed by atoms with van der Waals surface area (Å²) >= 11 is 0. The van der Waals surface area contributed by atoms with Crippen molar-refractivity contribution in [2.45, 2.75) is 11.8 Å². The van der Waals surface area contributed by atoms with Crippen LogP contribution in [0.2, 0.25) is 0 Å². The summed E-state index contributed by atoms with van der Waals surface area (Å²) in [6.07, 6.45) is 1.53. The van der Waals surface area contributed by atoms with Crippen molar-refractivity contribution in [1.29, 1.82) is 0 Å². The second kappa shape index (κ2) is 6.12. The van der Waals surface area contributed by atoms with E-state index in [-0.39, 0.29) is 0 Å². The number of aliphatic hydroxyl groups is 1. The molecule has 1 N–H and O–H groups in total. The average Bonchev–Trinajstić information content (AvgIpc) is 2.39. The predicted octanol–water partition coefficient (Wildman–Crippen LogP) is 2.76. The Bertz CT molecular complexity index is 396. The molecule has 0 spiro atoms. The first-order valence-corrected chi connectivity index (χ1v) is 6.77. The molecular weight excluding hydrogens is 239 g/mol. The van der Waals surface area contributed by atoms with Gasteiger partial charge in [-0.3, -0.25) is 4.57 Å². The molecule has 1 aromatic rings. The van der Waals surface area contributed by atoms with Gasteiger partial charge in [0.25, 0.3) is 0 Å². The summed E-state index contributed by atoms with van der Waals surface area (Å²) in [5.74, 6) is -1.76. The Balaban J connectivity index is 3.04. The highest BCUT2D eigenvalue weighted by molar-refractivity contribution is 7.54. The zero-order chi connectivity index (χ0) is 12.9. The number of aliphatic hydroxyl groups excluding tert-OH is 1. The van der Waals surface area contributed by atoms with Gasteiger partial charge in [0.05, 0.1) is 0 Å². The van der Waals surface area contributed by atoms with Gasteiger partial charge in [-0.15, -0.1) is 6.58 Å². The molecule has 1 aromatic carbocycles. The van der Waals surface area contributed by atoms with E-state index >= 15 is 0 Å². The topological polar surface area (TPSA) is 55.8 Å². The molecule has 94 valence electrons. The molecule has 0 fully saturated rings. The van der Waals surface area contributed by atoms with Crippen LogP contribution >= 0.6 is 7.60 Å². The van der Waals surface area contributed by atoms with Crippen LogP contribution in [-0.2, 0) is 13.6 Å². The summed E-state index contributed by atoms with van der Waals surface area (Å²) in [5, 5.41) is 10.1. The minimum absolute atomic E-state index is 0.498. The Kier molecular flexibility index (Phi) is 5.09. The van der Waals surface area contributed by atoms with Crippen molar-refractivity contribution in [3.8, 4) is 0 Å². The zero-order valence-corrected chi connectivity index (χ0v) is 10.8. The van der Waals surface area contributed by atoms with Crippen LogP contribution in [-0.4, -0.2) is 25.2 Å². The Morgan fingerprint density at radius 2 is 1.82 bits per heavy atom. The van der Waals surface area contributed by atoms with E-state index < -0.39 is 19.4 Å². The van der Waals surface area contributed by atoms with Crippen molar-refractivity contribution in [3.63, 3.8) is 0 Å². The average molecular weight is 256 g/mol. The van der Waals surface area contributed by atoms with Gasteiger partial charge in [0, 0.05) is 20.1 Å². The molecule has 2 atom stereocenters. The van der Waals surface area contributed by atoms with Crippen molar-refractivity contribution in [2.24, 2.45) is 0 Å². The minimum Gasteiger partial charge on any atom is -0.380 e. The Morgan fingerprint density at radius 3 is 2.24 bits per heavy atom. The molecule has 0 aliphatic heterocycles. The number of rotatable bonds is 6. The first kappa shape index (κ1) is 14.1. The van der Waals surface area contributed by atoms with Gasteiger partial charge in [-0.1, -0.05) is 36.4 Å². The van der Waals surface area contributed by atoms with E-state index in [1.807, 2.05) is 30.3 Å². The van der Waals surface area contributed by atoms with Gasteiger partial charge in [-0.05, 0) is 5.56 Å². The van der Waals surface area contributed by atoms with Crippen LogP contribution < -0.4 is 0 Å². The summed E-state index contributed by atoms with van der Waals surface area (Å²) in [6, 6.07) is 9.19. The lowest BCUT2D eigenvalue weighted by molar-refractivity contribution is 0.164. The van der Waals surface area contributed by atoms with Crippen LogP contribution in [0.1, 0.15) is 11.5 Å². The van der Waals surface area contributed by atoms with Crippen molar-refractivity contribution < 1.29 is 18.7 Å². The molecule has 0 unspecified atom stereocenters. The molecule has 0 aromatic heterocycles. The molecule has 0 heterocycles. The highest BCUT2D eigenvalue weighted by Crippen LogP contribution is 2.55. The lowest BCUT2D eigenvalue weighted by atomic mass is 10.0. The molecule has 0 aliphatic rings. The Labute approximate surface area is 101 Å². The van der Waals surface area contributed by atoms with E-state index in [0.29, 0.717) is 0 Å². The lowest BCUT2D eigenvalue weighted by Crippen LogP contribution is -2.18. The molecule has 0 bridgehead atoms. The Hall–Kier alpha value is -0.930. The smallest absolute Gasteiger partial charge is 0.359 e. The van der Waals surface area contributed by atoms with Crippen LogP contribution in [0.15, 0.2) is 43.0 Å². The van der Waals surface area contributed by atoms with E-state index in [9.17, 15) is 9.67 Å². The maximum Gasteiger partial charge on any atom is 0.359 e. The lowest BCUT2D eigenvalue weighted by Gasteiger charge is -2.25. The van der Waals surface area contributed by atoms with Crippen molar-refractivity contribution >= 4 is 7.60 Å². The number of hydrogen-bond donors (Lipinski definition) is 1. The Morgan fingerprint density at radius 1 is 1.29 bits per heavy atom. The van der Waals surface area contributed by atoms with E-state index in [1.54, 1.807) is 0 Å². The zero-order valence-electron chi connectivity index (χ0n) is 9.95. The number of benzene rings is 1. The summed E-state index contributed by atoms with van der Waals surface area (Å²) in [7, 11) is -1.03. The highest BCUT2D eigenvalue weighted by atomic mass is 31.2. The number of hydrogen-bond acceptors (Lipinski definition) is 4. The van der Waals surface area contributed by atoms with Gasteiger partial charge < -0.3 is 14.2 Å². The molecule has 0 aliphatic carbocycles. The second-order valence-electron chi connectivity index (χ2n) is 3.49. The molecule has 0 saturated heterocycles. The fraction of sp³-hybridized carbons (Fsp3) is 0.333. The molecule has 1 rings (SSSR count). The predicted molar refractivity (Wildman–Crippen MR) is 67.0 cm³/mol. The second-order valence-corrected chi connectivity index (χ2v) is 5.83. The van der Waals surface area contributed by atoms with E-state index in [4.69, 9.17) is 9.05 Å².